The second-order valence-electron chi connectivity index (χ2n) is 4.82. The van der Waals surface area contributed by atoms with Crippen LogP contribution in [0.15, 0.2) is 28.8 Å². The maximum atomic E-state index is 12.1. The Morgan fingerprint density at radius 1 is 1.45 bits per heavy atom. The topological polar surface area (TPSA) is 81.2 Å². The van der Waals surface area contributed by atoms with Crippen LogP contribution in [0.5, 0.6) is 0 Å². The van der Waals surface area contributed by atoms with Crippen molar-refractivity contribution in [1.29, 1.82) is 0 Å². The molecule has 5 nitrogen and oxygen atoms in total. The van der Waals surface area contributed by atoms with Gasteiger partial charge in [0.1, 0.15) is 17.2 Å². The normalized spacial score (nSPS) is 12.2. The second-order valence-corrected chi connectivity index (χ2v) is 4.82. The van der Waals surface area contributed by atoms with Crippen molar-refractivity contribution in [2.45, 2.75) is 33.4 Å². The molecule has 0 saturated carbocycles. The lowest BCUT2D eigenvalue weighted by molar-refractivity contribution is 0.0934. The Hall–Kier alpha value is -2.14. The van der Waals surface area contributed by atoms with Crippen LogP contribution in [0.1, 0.15) is 46.1 Å². The Bertz CT molecular complexity index is 602. The number of hydrogen-bond donors (Lipinski definition) is 2. The van der Waals surface area contributed by atoms with Gasteiger partial charge in [0.15, 0.2) is 0 Å². The highest BCUT2D eigenvalue weighted by atomic mass is 16.3. The molecule has 2 aromatic rings. The van der Waals surface area contributed by atoms with Gasteiger partial charge in [-0.05, 0) is 38.5 Å². The fourth-order valence-corrected chi connectivity index (χ4v) is 2.11. The monoisotopic (exact) mass is 273 g/mol. The summed E-state index contributed by atoms with van der Waals surface area (Å²) in [7, 11) is 0. The van der Waals surface area contributed by atoms with Crippen LogP contribution in [-0.4, -0.2) is 10.9 Å². The lowest BCUT2D eigenvalue weighted by Gasteiger charge is -2.13. The molecule has 0 saturated heterocycles. The molecule has 1 atom stereocenters. The third kappa shape index (κ3) is 3.05. The average Bonchev–Trinajstić information content (AvgIpc) is 2.78. The number of pyridine rings is 1. The van der Waals surface area contributed by atoms with Crippen molar-refractivity contribution in [2.75, 3.05) is 0 Å². The van der Waals surface area contributed by atoms with E-state index in [-0.39, 0.29) is 11.9 Å². The molecular formula is C15H19N3O2. The van der Waals surface area contributed by atoms with Crippen molar-refractivity contribution in [1.82, 2.24) is 10.3 Å². The minimum Gasteiger partial charge on any atom is -0.466 e. The Kier molecular flexibility index (Phi) is 4.20. The Morgan fingerprint density at radius 2 is 2.20 bits per heavy atom. The second kappa shape index (κ2) is 5.88. The number of nitrogens with two attached hydrogens (primary N) is 1. The lowest BCUT2D eigenvalue weighted by atomic mass is 10.1. The van der Waals surface area contributed by atoms with E-state index in [1.807, 2.05) is 26.8 Å². The van der Waals surface area contributed by atoms with Crippen LogP contribution in [0.3, 0.4) is 0 Å². The molecule has 2 rings (SSSR count). The molecular weight excluding hydrogens is 254 g/mol. The molecule has 20 heavy (non-hydrogen) atoms. The maximum Gasteiger partial charge on any atom is 0.270 e. The summed E-state index contributed by atoms with van der Waals surface area (Å²) in [6, 6.07) is 5.29. The van der Waals surface area contributed by atoms with Gasteiger partial charge in [-0.15, -0.1) is 0 Å². The number of aromatic nitrogens is 1. The van der Waals surface area contributed by atoms with Crippen LogP contribution in [-0.2, 0) is 6.54 Å². The van der Waals surface area contributed by atoms with Gasteiger partial charge in [0.2, 0.25) is 0 Å². The van der Waals surface area contributed by atoms with E-state index in [9.17, 15) is 4.79 Å². The third-order valence-electron chi connectivity index (χ3n) is 3.19. The Labute approximate surface area is 118 Å². The number of furan rings is 1. The van der Waals surface area contributed by atoms with Crippen LogP contribution in [0.25, 0.3) is 0 Å². The number of rotatable bonds is 4. The quantitative estimate of drug-likeness (QED) is 0.895. The van der Waals surface area contributed by atoms with Gasteiger partial charge >= 0.3 is 0 Å². The van der Waals surface area contributed by atoms with Crippen LogP contribution in [0.4, 0.5) is 0 Å². The van der Waals surface area contributed by atoms with E-state index in [0.29, 0.717) is 12.2 Å². The fraction of sp³-hybridized carbons (Fsp3) is 0.333. The summed E-state index contributed by atoms with van der Waals surface area (Å²) in [4.78, 5) is 16.2. The highest BCUT2D eigenvalue weighted by Gasteiger charge is 2.16. The molecule has 1 unspecified atom stereocenters. The zero-order chi connectivity index (χ0) is 14.7. The summed E-state index contributed by atoms with van der Waals surface area (Å²) >= 11 is 0. The van der Waals surface area contributed by atoms with Gasteiger partial charge < -0.3 is 15.5 Å². The third-order valence-corrected chi connectivity index (χ3v) is 3.19. The summed E-state index contributed by atoms with van der Waals surface area (Å²) in [6.45, 7) is 6.11. The Balaban J connectivity index is 2.08. The predicted octanol–water partition coefficient (Wildman–Crippen LogP) is 2.24. The van der Waals surface area contributed by atoms with Crippen molar-refractivity contribution in [3.63, 3.8) is 0 Å². The molecule has 106 valence electrons. The smallest absolute Gasteiger partial charge is 0.270 e. The fourth-order valence-electron chi connectivity index (χ4n) is 2.11. The summed E-state index contributed by atoms with van der Waals surface area (Å²) in [5, 5.41) is 2.91. The molecule has 3 N–H and O–H groups in total. The van der Waals surface area contributed by atoms with E-state index in [2.05, 4.69) is 10.3 Å². The van der Waals surface area contributed by atoms with Crippen LogP contribution < -0.4 is 11.1 Å². The number of carbonyl (C=O) groups is 1. The van der Waals surface area contributed by atoms with Gasteiger partial charge in [-0.2, -0.15) is 0 Å². The predicted molar refractivity (Wildman–Crippen MR) is 76.2 cm³/mol. The molecule has 1 amide bonds. The molecule has 0 aromatic carbocycles. The molecule has 0 aliphatic heterocycles. The molecule has 0 aliphatic rings. The zero-order valence-corrected chi connectivity index (χ0v) is 11.9. The highest BCUT2D eigenvalue weighted by Crippen LogP contribution is 2.21. The molecule has 0 radical (unpaired) electrons. The summed E-state index contributed by atoms with van der Waals surface area (Å²) < 4.78 is 5.47. The van der Waals surface area contributed by atoms with E-state index in [1.165, 1.54) is 0 Å². The van der Waals surface area contributed by atoms with Crippen LogP contribution in [0, 0.1) is 13.8 Å². The summed E-state index contributed by atoms with van der Waals surface area (Å²) in [5.74, 6) is 1.45. The van der Waals surface area contributed by atoms with E-state index in [4.69, 9.17) is 10.2 Å². The maximum absolute atomic E-state index is 12.1. The molecule has 0 aliphatic carbocycles. The van der Waals surface area contributed by atoms with Gasteiger partial charge in [0.25, 0.3) is 5.91 Å². The first kappa shape index (κ1) is 14.3. The van der Waals surface area contributed by atoms with Gasteiger partial charge in [0.05, 0.1) is 6.04 Å². The van der Waals surface area contributed by atoms with Gasteiger partial charge in [-0.3, -0.25) is 9.78 Å². The SMILES string of the molecule is Cc1cc(C(C)NC(=O)c2ccc(CN)cn2)c(C)o1. The first-order valence-electron chi connectivity index (χ1n) is 6.54. The molecule has 0 bridgehead atoms. The van der Waals surface area contributed by atoms with Crippen molar-refractivity contribution in [2.24, 2.45) is 5.73 Å². The summed E-state index contributed by atoms with van der Waals surface area (Å²) in [5.41, 5.74) is 7.76. The lowest BCUT2D eigenvalue weighted by Crippen LogP contribution is -2.27. The standard InChI is InChI=1S/C15H19N3O2/c1-9-6-13(11(3)20-9)10(2)18-15(19)14-5-4-12(7-16)8-17-14/h4-6,8,10H,7,16H2,1-3H3,(H,18,19). The van der Waals surface area contributed by atoms with E-state index < -0.39 is 0 Å². The van der Waals surface area contributed by atoms with Gasteiger partial charge in [0, 0.05) is 18.3 Å². The summed E-state index contributed by atoms with van der Waals surface area (Å²) in [6.07, 6.45) is 1.62. The van der Waals surface area contributed by atoms with E-state index in [0.717, 1.165) is 22.6 Å². The Morgan fingerprint density at radius 3 is 2.70 bits per heavy atom. The van der Waals surface area contributed by atoms with Crippen LogP contribution in [0.2, 0.25) is 0 Å². The first-order valence-corrected chi connectivity index (χ1v) is 6.54. The van der Waals surface area contributed by atoms with Gasteiger partial charge in [-0.1, -0.05) is 6.07 Å². The number of aryl methyl sites for hydroxylation is 2. The minimum absolute atomic E-state index is 0.129. The van der Waals surface area contributed by atoms with Crippen LogP contribution >= 0.6 is 0 Å². The number of amides is 1. The van der Waals surface area contributed by atoms with Gasteiger partial charge in [-0.25, -0.2) is 0 Å². The number of hydrogen-bond acceptors (Lipinski definition) is 4. The van der Waals surface area contributed by atoms with Crippen molar-refractivity contribution < 1.29 is 9.21 Å². The van der Waals surface area contributed by atoms with Crippen molar-refractivity contribution in [3.8, 4) is 0 Å². The largest absolute Gasteiger partial charge is 0.466 e. The highest BCUT2D eigenvalue weighted by molar-refractivity contribution is 5.92. The first-order chi connectivity index (χ1) is 9.51. The molecule has 2 aromatic heterocycles. The minimum atomic E-state index is -0.209. The molecule has 0 fully saturated rings. The molecule has 5 heteroatoms. The van der Waals surface area contributed by atoms with Crippen molar-refractivity contribution >= 4 is 5.91 Å². The van der Waals surface area contributed by atoms with E-state index in [1.54, 1.807) is 18.3 Å². The average molecular weight is 273 g/mol. The van der Waals surface area contributed by atoms with E-state index >= 15 is 0 Å². The zero-order valence-electron chi connectivity index (χ0n) is 11.9. The van der Waals surface area contributed by atoms with Crippen molar-refractivity contribution in [3.05, 3.63) is 52.7 Å². The number of carbonyl (C=O) groups excluding carboxylic acids is 1. The number of nitrogens with one attached hydrogen (secondary N) is 1. The number of nitrogens with zero attached hydrogens (tertiary/aromatic N) is 1. The molecule has 0 spiro atoms. The molecule has 2 heterocycles.